The number of primary amides is 1. The second-order valence-corrected chi connectivity index (χ2v) is 8.79. The number of hydrogen-bond donors (Lipinski definition) is 2. The second kappa shape index (κ2) is 6.80. The van der Waals surface area contributed by atoms with Gasteiger partial charge in [0, 0.05) is 12.6 Å². The van der Waals surface area contributed by atoms with Gasteiger partial charge in [-0.25, -0.2) is 0 Å². The summed E-state index contributed by atoms with van der Waals surface area (Å²) in [4.78, 5) is 12.3. The molecule has 0 bridgehead atoms. The van der Waals surface area contributed by atoms with Crippen molar-refractivity contribution < 1.29 is 21.9 Å². The maximum absolute atomic E-state index is 12.6. The molecule has 4 rings (SSSR count). The molecule has 0 spiro atoms. The maximum atomic E-state index is 12.6. The lowest BCUT2D eigenvalue weighted by Crippen LogP contribution is -2.38. The Morgan fingerprint density at radius 1 is 1.30 bits per heavy atom. The van der Waals surface area contributed by atoms with Gasteiger partial charge in [-0.3, -0.25) is 4.79 Å². The van der Waals surface area contributed by atoms with E-state index in [4.69, 9.17) is 14.4 Å². The van der Waals surface area contributed by atoms with Gasteiger partial charge in [0.2, 0.25) is 5.91 Å². The first-order valence-corrected chi connectivity index (χ1v) is 10.3. The van der Waals surface area contributed by atoms with Gasteiger partial charge in [0.1, 0.15) is 11.8 Å². The molecule has 0 saturated carbocycles. The number of hydrogen-bond acceptors (Lipinski definition) is 8. The zero-order chi connectivity index (χ0) is 19.0. The fourth-order valence-electron chi connectivity index (χ4n) is 2.93. The van der Waals surface area contributed by atoms with Crippen molar-refractivity contribution in [1.29, 1.82) is 0 Å². The van der Waals surface area contributed by atoms with Gasteiger partial charge in [0.15, 0.2) is 9.97 Å². The van der Waals surface area contributed by atoms with Crippen LogP contribution in [0.15, 0.2) is 51.3 Å². The third-order valence-electron chi connectivity index (χ3n) is 4.17. The standard InChI is InChI=1S/C17H15N3O5S2/c18-17(21)16-12-9-11(2-1-10(12)5-7-19-16)25-27(22,23)15-4-3-14(26-15)13-6-8-20-24-13/h1-4,6,8-9,16,19H,5,7H2,(H2,18,21). The SMILES string of the molecule is NC(=O)C1NCCc2ccc(OS(=O)(=O)c3ccc(-c4ccno4)s3)cc21. The number of thiophene rings is 1. The highest BCUT2D eigenvalue weighted by molar-refractivity contribution is 7.89. The molecule has 3 aromatic rings. The van der Waals surface area contributed by atoms with E-state index in [1.807, 2.05) is 0 Å². The van der Waals surface area contributed by atoms with Crippen LogP contribution >= 0.6 is 11.3 Å². The van der Waals surface area contributed by atoms with Crippen molar-refractivity contribution in [2.45, 2.75) is 16.7 Å². The monoisotopic (exact) mass is 405 g/mol. The Hall–Kier alpha value is -2.69. The lowest BCUT2D eigenvalue weighted by Gasteiger charge is -2.24. The van der Waals surface area contributed by atoms with E-state index >= 15 is 0 Å². The number of aromatic nitrogens is 1. The Morgan fingerprint density at radius 3 is 2.89 bits per heavy atom. The highest BCUT2D eigenvalue weighted by Crippen LogP contribution is 2.33. The fraction of sp³-hybridized carbons (Fsp3) is 0.176. The van der Waals surface area contributed by atoms with Crippen molar-refractivity contribution in [2.24, 2.45) is 5.73 Å². The van der Waals surface area contributed by atoms with Crippen LogP contribution in [0, 0.1) is 0 Å². The van der Waals surface area contributed by atoms with E-state index < -0.39 is 22.1 Å². The Bertz CT molecular complexity index is 1090. The van der Waals surface area contributed by atoms with Crippen LogP contribution in [0.1, 0.15) is 17.2 Å². The molecule has 1 amide bonds. The van der Waals surface area contributed by atoms with E-state index in [0.717, 1.165) is 23.3 Å². The maximum Gasteiger partial charge on any atom is 0.348 e. The van der Waals surface area contributed by atoms with Gasteiger partial charge in [0.05, 0.1) is 11.1 Å². The number of benzene rings is 1. The van der Waals surface area contributed by atoms with Crippen molar-refractivity contribution in [1.82, 2.24) is 10.5 Å². The molecule has 8 nitrogen and oxygen atoms in total. The number of carbonyl (C=O) groups excluding carboxylic acids is 1. The molecule has 3 N–H and O–H groups in total. The number of fused-ring (bicyclic) bond motifs is 1. The van der Waals surface area contributed by atoms with E-state index in [2.05, 4.69) is 10.5 Å². The first-order chi connectivity index (χ1) is 12.9. The molecule has 27 heavy (non-hydrogen) atoms. The molecule has 2 aromatic heterocycles. The zero-order valence-corrected chi connectivity index (χ0v) is 15.5. The quantitative estimate of drug-likeness (QED) is 0.621. The number of nitrogens with two attached hydrogens (primary N) is 1. The van der Waals surface area contributed by atoms with Gasteiger partial charge < -0.3 is 19.8 Å². The number of carbonyl (C=O) groups is 1. The Kier molecular flexibility index (Phi) is 4.46. The van der Waals surface area contributed by atoms with E-state index in [1.165, 1.54) is 12.3 Å². The predicted molar refractivity (Wildman–Crippen MR) is 97.7 cm³/mol. The predicted octanol–water partition coefficient (Wildman–Crippen LogP) is 1.84. The van der Waals surface area contributed by atoms with Crippen molar-refractivity contribution in [3.63, 3.8) is 0 Å². The van der Waals surface area contributed by atoms with Crippen LogP contribution < -0.4 is 15.2 Å². The molecule has 0 radical (unpaired) electrons. The van der Waals surface area contributed by atoms with Gasteiger partial charge in [-0.1, -0.05) is 11.2 Å². The highest BCUT2D eigenvalue weighted by atomic mass is 32.3. The largest absolute Gasteiger partial charge is 0.378 e. The average Bonchev–Trinajstić information content (AvgIpc) is 3.32. The van der Waals surface area contributed by atoms with Crippen molar-refractivity contribution in [3.8, 4) is 16.4 Å². The normalized spacial score (nSPS) is 16.7. The van der Waals surface area contributed by atoms with E-state index in [0.29, 0.717) is 22.7 Å². The molecular weight excluding hydrogens is 390 g/mol. The molecule has 1 aliphatic rings. The van der Waals surface area contributed by atoms with Crippen molar-refractivity contribution >= 4 is 27.4 Å². The molecule has 1 aromatic carbocycles. The van der Waals surface area contributed by atoms with Gasteiger partial charge in [-0.05, 0) is 41.8 Å². The molecule has 10 heteroatoms. The molecule has 1 atom stereocenters. The van der Waals surface area contributed by atoms with Crippen LogP contribution in [0.4, 0.5) is 0 Å². The minimum absolute atomic E-state index is 0.0381. The minimum Gasteiger partial charge on any atom is -0.378 e. The minimum atomic E-state index is -4.03. The lowest BCUT2D eigenvalue weighted by molar-refractivity contribution is -0.120. The average molecular weight is 405 g/mol. The van der Waals surface area contributed by atoms with Crippen LogP contribution in [0.25, 0.3) is 10.6 Å². The van der Waals surface area contributed by atoms with Crippen LogP contribution in [0.3, 0.4) is 0 Å². The number of nitrogens with zero attached hydrogens (tertiary/aromatic N) is 1. The summed E-state index contributed by atoms with van der Waals surface area (Å²) in [5.74, 6) is 0.0785. The summed E-state index contributed by atoms with van der Waals surface area (Å²) in [6.45, 7) is 0.624. The molecule has 1 unspecified atom stereocenters. The molecule has 3 heterocycles. The van der Waals surface area contributed by atoms with Gasteiger partial charge in [-0.2, -0.15) is 8.42 Å². The van der Waals surface area contributed by atoms with Crippen LogP contribution in [-0.4, -0.2) is 26.0 Å². The summed E-state index contributed by atoms with van der Waals surface area (Å²) in [5.41, 5.74) is 7.00. The van der Waals surface area contributed by atoms with Gasteiger partial charge >= 0.3 is 10.1 Å². The van der Waals surface area contributed by atoms with Crippen LogP contribution in [0.2, 0.25) is 0 Å². The third-order valence-corrected chi connectivity index (χ3v) is 6.97. The van der Waals surface area contributed by atoms with E-state index in [9.17, 15) is 13.2 Å². The zero-order valence-electron chi connectivity index (χ0n) is 13.9. The highest BCUT2D eigenvalue weighted by Gasteiger charge is 2.26. The van der Waals surface area contributed by atoms with Crippen molar-refractivity contribution in [3.05, 3.63) is 53.7 Å². The molecule has 1 aliphatic heterocycles. The Morgan fingerprint density at radius 2 is 2.15 bits per heavy atom. The number of nitrogens with one attached hydrogen (secondary N) is 1. The molecule has 0 saturated heterocycles. The van der Waals surface area contributed by atoms with Gasteiger partial charge in [-0.15, -0.1) is 11.3 Å². The van der Waals surface area contributed by atoms with E-state index in [-0.39, 0.29) is 9.96 Å². The Labute approximate surface area is 159 Å². The molecule has 140 valence electrons. The van der Waals surface area contributed by atoms with Crippen LogP contribution in [0.5, 0.6) is 5.75 Å². The van der Waals surface area contributed by atoms with Crippen molar-refractivity contribution in [2.75, 3.05) is 6.54 Å². The summed E-state index contributed by atoms with van der Waals surface area (Å²) in [5, 5.41) is 6.63. The first-order valence-electron chi connectivity index (χ1n) is 8.05. The smallest absolute Gasteiger partial charge is 0.348 e. The fourth-order valence-corrected chi connectivity index (χ4v) is 5.08. The molecule has 0 aliphatic carbocycles. The summed E-state index contributed by atoms with van der Waals surface area (Å²) >= 11 is 1.02. The third kappa shape index (κ3) is 3.46. The van der Waals surface area contributed by atoms with E-state index in [1.54, 1.807) is 30.3 Å². The molecule has 0 fully saturated rings. The summed E-state index contributed by atoms with van der Waals surface area (Å²) in [6, 6.07) is 8.92. The number of rotatable bonds is 5. The topological polar surface area (TPSA) is 125 Å². The summed E-state index contributed by atoms with van der Waals surface area (Å²) in [6.07, 6.45) is 2.20. The second-order valence-electron chi connectivity index (χ2n) is 5.93. The number of amides is 1. The van der Waals surface area contributed by atoms with Crippen LogP contribution in [-0.2, 0) is 21.3 Å². The Balaban J connectivity index is 1.62. The summed E-state index contributed by atoms with van der Waals surface area (Å²) in [7, 11) is -4.03. The molecular formula is C17H15N3O5S2. The van der Waals surface area contributed by atoms with Gasteiger partial charge in [0.25, 0.3) is 0 Å². The lowest BCUT2D eigenvalue weighted by atomic mass is 9.94. The summed E-state index contributed by atoms with van der Waals surface area (Å²) < 4.78 is 35.5. The first kappa shape index (κ1) is 17.7.